The molecule has 152 valence electrons. The Bertz CT molecular complexity index is 1260. The number of benzene rings is 3. The number of carbonyl (C=O) groups excluding carboxylic acids is 1. The maximum Gasteiger partial charge on any atom is 0.261 e. The Morgan fingerprint density at radius 1 is 1.07 bits per heavy atom. The molecule has 4 rings (SSSR count). The SMILES string of the molecule is Cn1c(SCC(=O)NCCOc2ccccc2)nc2cc3ccccc3cc2c1=O. The van der Waals surface area contributed by atoms with Gasteiger partial charge in [0.1, 0.15) is 12.4 Å². The highest BCUT2D eigenvalue weighted by Crippen LogP contribution is 2.22. The van der Waals surface area contributed by atoms with Crippen molar-refractivity contribution in [3.63, 3.8) is 0 Å². The minimum atomic E-state index is -0.135. The molecule has 0 aliphatic heterocycles. The lowest BCUT2D eigenvalue weighted by atomic mass is 10.1. The number of nitrogens with one attached hydrogen (secondary N) is 1. The van der Waals surface area contributed by atoms with E-state index in [9.17, 15) is 9.59 Å². The molecule has 30 heavy (non-hydrogen) atoms. The molecular formula is C23H21N3O3S. The van der Waals surface area contributed by atoms with Crippen molar-refractivity contribution in [3.05, 3.63) is 77.1 Å². The fraction of sp³-hybridized carbons (Fsp3) is 0.174. The van der Waals surface area contributed by atoms with Gasteiger partial charge in [0.05, 0.1) is 23.2 Å². The van der Waals surface area contributed by atoms with E-state index >= 15 is 0 Å². The average Bonchev–Trinajstić information content (AvgIpc) is 2.78. The van der Waals surface area contributed by atoms with Crippen LogP contribution in [0.3, 0.4) is 0 Å². The predicted octanol–water partition coefficient (Wildman–Crippen LogP) is 3.37. The number of para-hydroxylation sites is 1. The van der Waals surface area contributed by atoms with E-state index < -0.39 is 0 Å². The van der Waals surface area contributed by atoms with Gasteiger partial charge in [0.15, 0.2) is 5.16 Å². The molecule has 0 fully saturated rings. The van der Waals surface area contributed by atoms with Crippen molar-refractivity contribution in [1.29, 1.82) is 0 Å². The van der Waals surface area contributed by atoms with E-state index in [1.807, 2.05) is 66.7 Å². The Labute approximate surface area is 177 Å². The number of amides is 1. The van der Waals surface area contributed by atoms with Crippen LogP contribution in [0.2, 0.25) is 0 Å². The first kappa shape index (κ1) is 20.0. The summed E-state index contributed by atoms with van der Waals surface area (Å²) in [4.78, 5) is 29.6. The number of thioether (sulfide) groups is 1. The molecule has 1 aromatic heterocycles. The highest BCUT2D eigenvalue weighted by atomic mass is 32.2. The molecule has 3 aromatic carbocycles. The lowest BCUT2D eigenvalue weighted by molar-refractivity contribution is -0.118. The molecule has 0 saturated carbocycles. The van der Waals surface area contributed by atoms with E-state index in [2.05, 4.69) is 10.3 Å². The van der Waals surface area contributed by atoms with Gasteiger partial charge in [0, 0.05) is 7.05 Å². The topological polar surface area (TPSA) is 73.2 Å². The van der Waals surface area contributed by atoms with Gasteiger partial charge in [0.25, 0.3) is 5.56 Å². The zero-order chi connectivity index (χ0) is 20.9. The van der Waals surface area contributed by atoms with E-state index in [0.29, 0.717) is 29.2 Å². The van der Waals surface area contributed by atoms with Gasteiger partial charge in [-0.25, -0.2) is 4.98 Å². The van der Waals surface area contributed by atoms with Crippen molar-refractivity contribution in [2.45, 2.75) is 5.16 Å². The van der Waals surface area contributed by atoms with Crippen LogP contribution in [0.1, 0.15) is 0 Å². The Kier molecular flexibility index (Phi) is 5.99. The number of fused-ring (bicyclic) bond motifs is 2. The van der Waals surface area contributed by atoms with Crippen LogP contribution in [0, 0.1) is 0 Å². The monoisotopic (exact) mass is 419 g/mol. The molecule has 1 N–H and O–H groups in total. The number of ether oxygens (including phenoxy) is 1. The maximum atomic E-state index is 12.8. The molecule has 0 aliphatic carbocycles. The summed E-state index contributed by atoms with van der Waals surface area (Å²) in [5.41, 5.74) is 0.515. The number of nitrogens with zero attached hydrogens (tertiary/aromatic N) is 2. The van der Waals surface area contributed by atoms with Gasteiger partial charge in [0.2, 0.25) is 5.91 Å². The number of aromatic nitrogens is 2. The molecule has 0 bridgehead atoms. The molecule has 0 saturated heterocycles. The van der Waals surface area contributed by atoms with Gasteiger partial charge in [-0.05, 0) is 35.0 Å². The van der Waals surface area contributed by atoms with Gasteiger partial charge in [-0.1, -0.05) is 54.2 Å². The summed E-state index contributed by atoms with van der Waals surface area (Å²) in [6, 6.07) is 21.1. The molecule has 0 radical (unpaired) electrons. The highest BCUT2D eigenvalue weighted by Gasteiger charge is 2.12. The summed E-state index contributed by atoms with van der Waals surface area (Å²) in [6.07, 6.45) is 0. The molecule has 0 spiro atoms. The van der Waals surface area contributed by atoms with E-state index in [1.54, 1.807) is 7.05 Å². The third-order valence-corrected chi connectivity index (χ3v) is 5.70. The van der Waals surface area contributed by atoms with Crippen LogP contribution in [-0.4, -0.2) is 34.4 Å². The summed E-state index contributed by atoms with van der Waals surface area (Å²) < 4.78 is 7.05. The number of rotatable bonds is 7. The molecule has 0 atom stereocenters. The van der Waals surface area contributed by atoms with Crippen molar-refractivity contribution in [2.75, 3.05) is 18.9 Å². The Balaban J connectivity index is 1.39. The molecule has 1 heterocycles. The Hall–Kier alpha value is -3.32. The standard InChI is InChI=1S/C23H21N3O3S/c1-26-22(28)19-13-16-7-5-6-8-17(16)14-20(19)25-23(26)30-15-21(27)24-11-12-29-18-9-3-2-4-10-18/h2-10,13-14H,11-12,15H2,1H3,(H,24,27). The first-order chi connectivity index (χ1) is 14.6. The molecule has 0 unspecified atom stereocenters. The summed E-state index contributed by atoms with van der Waals surface area (Å²) in [5, 5.41) is 5.93. The van der Waals surface area contributed by atoms with Crippen molar-refractivity contribution in [1.82, 2.24) is 14.9 Å². The van der Waals surface area contributed by atoms with Crippen molar-refractivity contribution in [3.8, 4) is 5.75 Å². The minimum absolute atomic E-state index is 0.120. The first-order valence-electron chi connectivity index (χ1n) is 9.59. The molecule has 0 aliphatic rings. The molecule has 7 heteroatoms. The Morgan fingerprint density at radius 2 is 1.77 bits per heavy atom. The van der Waals surface area contributed by atoms with Crippen LogP contribution in [0.5, 0.6) is 5.75 Å². The third-order valence-electron chi connectivity index (χ3n) is 4.67. The van der Waals surface area contributed by atoms with Gasteiger partial charge in [-0.3, -0.25) is 14.2 Å². The van der Waals surface area contributed by atoms with Gasteiger partial charge in [-0.2, -0.15) is 0 Å². The van der Waals surface area contributed by atoms with Crippen LogP contribution in [0.15, 0.2) is 76.7 Å². The molecule has 4 aromatic rings. The van der Waals surface area contributed by atoms with E-state index in [1.165, 1.54) is 16.3 Å². The number of hydrogen-bond donors (Lipinski definition) is 1. The fourth-order valence-electron chi connectivity index (χ4n) is 3.12. The zero-order valence-electron chi connectivity index (χ0n) is 16.5. The smallest absolute Gasteiger partial charge is 0.261 e. The second kappa shape index (κ2) is 9.00. The van der Waals surface area contributed by atoms with E-state index in [-0.39, 0.29) is 17.2 Å². The van der Waals surface area contributed by atoms with Crippen molar-refractivity contribution in [2.24, 2.45) is 7.05 Å². The summed E-state index contributed by atoms with van der Waals surface area (Å²) in [5.74, 6) is 0.804. The second-order valence-electron chi connectivity index (χ2n) is 6.78. The van der Waals surface area contributed by atoms with E-state index in [0.717, 1.165) is 16.5 Å². The van der Waals surface area contributed by atoms with E-state index in [4.69, 9.17) is 4.74 Å². The molecular weight excluding hydrogens is 398 g/mol. The first-order valence-corrected chi connectivity index (χ1v) is 10.6. The van der Waals surface area contributed by atoms with Crippen LogP contribution >= 0.6 is 11.8 Å². The van der Waals surface area contributed by atoms with Crippen molar-refractivity contribution < 1.29 is 9.53 Å². The third kappa shape index (κ3) is 4.46. The highest BCUT2D eigenvalue weighted by molar-refractivity contribution is 7.99. The van der Waals surface area contributed by atoms with Crippen LogP contribution in [0.4, 0.5) is 0 Å². The van der Waals surface area contributed by atoms with Crippen LogP contribution in [-0.2, 0) is 11.8 Å². The van der Waals surface area contributed by atoms with Crippen molar-refractivity contribution >= 4 is 39.3 Å². The van der Waals surface area contributed by atoms with Gasteiger partial charge in [-0.15, -0.1) is 0 Å². The molecule has 6 nitrogen and oxygen atoms in total. The largest absolute Gasteiger partial charge is 0.492 e. The summed E-state index contributed by atoms with van der Waals surface area (Å²) >= 11 is 1.24. The summed E-state index contributed by atoms with van der Waals surface area (Å²) in [6.45, 7) is 0.796. The minimum Gasteiger partial charge on any atom is -0.492 e. The van der Waals surface area contributed by atoms with Gasteiger partial charge >= 0.3 is 0 Å². The van der Waals surface area contributed by atoms with Gasteiger partial charge < -0.3 is 10.1 Å². The zero-order valence-corrected chi connectivity index (χ0v) is 17.3. The fourth-order valence-corrected chi connectivity index (χ4v) is 3.93. The second-order valence-corrected chi connectivity index (χ2v) is 7.72. The average molecular weight is 420 g/mol. The summed E-state index contributed by atoms with van der Waals surface area (Å²) in [7, 11) is 1.68. The number of carbonyl (C=O) groups is 1. The molecule has 1 amide bonds. The van der Waals surface area contributed by atoms with Crippen LogP contribution < -0.4 is 15.6 Å². The predicted molar refractivity (Wildman–Crippen MR) is 120 cm³/mol. The maximum absolute atomic E-state index is 12.8. The normalized spacial score (nSPS) is 11.0. The lowest BCUT2D eigenvalue weighted by Crippen LogP contribution is -2.30. The lowest BCUT2D eigenvalue weighted by Gasteiger charge is -2.10. The quantitative estimate of drug-likeness (QED) is 0.215. The van der Waals surface area contributed by atoms with Crippen LogP contribution in [0.25, 0.3) is 21.7 Å². The number of hydrogen-bond acceptors (Lipinski definition) is 5. The Morgan fingerprint density at radius 3 is 2.53 bits per heavy atom.